The minimum Gasteiger partial charge on any atom is -0.481 e. The van der Waals surface area contributed by atoms with E-state index >= 15 is 0 Å². The standard InChI is InChI=1S/C13H22O4.C5H6O4/c1-3-5-10-16-12(14)8-7-9-13(15)17-11-6-4-2;6-4(7)2-1-3-5(8)9/h7-8H,3-6,9-11H2,1-2H3;1-2H,3H2,(H,6,7)(H,8,9). The van der Waals surface area contributed by atoms with Gasteiger partial charge in [-0.25, -0.2) is 9.59 Å². The molecule has 0 aromatic carbocycles. The fraction of sp³-hybridized carbons (Fsp3) is 0.556. The van der Waals surface area contributed by atoms with Crippen LogP contribution in [0.2, 0.25) is 0 Å². The van der Waals surface area contributed by atoms with Crippen molar-refractivity contribution < 1.29 is 38.9 Å². The van der Waals surface area contributed by atoms with Crippen molar-refractivity contribution in [1.29, 1.82) is 0 Å². The molecule has 0 bridgehead atoms. The average Bonchev–Trinajstić information content (AvgIpc) is 2.55. The van der Waals surface area contributed by atoms with Gasteiger partial charge in [-0.05, 0) is 12.8 Å². The molecule has 148 valence electrons. The smallest absolute Gasteiger partial charge is 0.330 e. The summed E-state index contributed by atoms with van der Waals surface area (Å²) in [7, 11) is 0. The van der Waals surface area contributed by atoms with Crippen LogP contribution in [0.3, 0.4) is 0 Å². The first-order valence-electron chi connectivity index (χ1n) is 8.43. The molecule has 8 heteroatoms. The Morgan fingerprint density at radius 3 is 1.85 bits per heavy atom. The normalized spacial score (nSPS) is 10.2. The van der Waals surface area contributed by atoms with E-state index in [1.165, 1.54) is 12.2 Å². The van der Waals surface area contributed by atoms with Crippen LogP contribution in [0.1, 0.15) is 52.4 Å². The lowest BCUT2D eigenvalue weighted by atomic mass is 10.3. The maximum atomic E-state index is 11.1. The van der Waals surface area contributed by atoms with E-state index in [9.17, 15) is 19.2 Å². The Balaban J connectivity index is 0. The Morgan fingerprint density at radius 2 is 1.35 bits per heavy atom. The number of rotatable bonds is 12. The number of carbonyl (C=O) groups is 4. The molecule has 0 aliphatic rings. The first-order chi connectivity index (χ1) is 12.3. The molecule has 0 spiro atoms. The molecule has 0 amide bonds. The van der Waals surface area contributed by atoms with Gasteiger partial charge in [0.1, 0.15) is 0 Å². The Bertz CT molecular complexity index is 480. The summed E-state index contributed by atoms with van der Waals surface area (Å²) in [5.74, 6) is -2.88. The molecule has 0 aromatic heterocycles. The van der Waals surface area contributed by atoms with E-state index in [0.29, 0.717) is 13.2 Å². The van der Waals surface area contributed by atoms with Gasteiger partial charge in [0.25, 0.3) is 0 Å². The van der Waals surface area contributed by atoms with Crippen molar-refractivity contribution in [3.63, 3.8) is 0 Å². The first kappa shape index (κ1) is 25.6. The van der Waals surface area contributed by atoms with E-state index in [-0.39, 0.29) is 18.8 Å². The van der Waals surface area contributed by atoms with Crippen LogP contribution < -0.4 is 0 Å². The van der Waals surface area contributed by atoms with Gasteiger partial charge in [-0.15, -0.1) is 0 Å². The number of hydrogen-bond acceptors (Lipinski definition) is 6. The second kappa shape index (κ2) is 18.7. The predicted molar refractivity (Wildman–Crippen MR) is 94.5 cm³/mol. The van der Waals surface area contributed by atoms with Crippen LogP contribution >= 0.6 is 0 Å². The van der Waals surface area contributed by atoms with E-state index < -0.39 is 17.9 Å². The van der Waals surface area contributed by atoms with Gasteiger partial charge >= 0.3 is 23.9 Å². The Labute approximate surface area is 153 Å². The highest BCUT2D eigenvalue weighted by Gasteiger charge is 2.00. The zero-order chi connectivity index (χ0) is 20.2. The number of unbranched alkanes of at least 4 members (excludes halogenated alkanes) is 2. The molecular weight excluding hydrogens is 344 g/mol. The number of esters is 2. The lowest BCUT2D eigenvalue weighted by molar-refractivity contribution is -0.142. The molecule has 0 saturated carbocycles. The number of carboxylic acid groups (broad SMARTS) is 2. The summed E-state index contributed by atoms with van der Waals surface area (Å²) in [5.41, 5.74) is 0. The van der Waals surface area contributed by atoms with E-state index in [1.807, 2.05) is 13.8 Å². The van der Waals surface area contributed by atoms with Crippen LogP contribution in [0, 0.1) is 0 Å². The van der Waals surface area contributed by atoms with Crippen molar-refractivity contribution in [2.45, 2.75) is 52.4 Å². The fourth-order valence-corrected chi connectivity index (χ4v) is 1.27. The maximum absolute atomic E-state index is 11.1. The van der Waals surface area contributed by atoms with Crippen molar-refractivity contribution in [1.82, 2.24) is 0 Å². The highest BCUT2D eigenvalue weighted by molar-refractivity contribution is 5.83. The zero-order valence-electron chi connectivity index (χ0n) is 15.3. The van der Waals surface area contributed by atoms with Crippen LogP contribution in [0.25, 0.3) is 0 Å². The monoisotopic (exact) mass is 372 g/mol. The molecule has 2 N–H and O–H groups in total. The average molecular weight is 372 g/mol. The van der Waals surface area contributed by atoms with E-state index in [4.69, 9.17) is 19.7 Å². The topological polar surface area (TPSA) is 127 Å². The minimum absolute atomic E-state index is 0.118. The van der Waals surface area contributed by atoms with Gasteiger partial charge in [0, 0.05) is 12.2 Å². The van der Waals surface area contributed by atoms with E-state index in [0.717, 1.165) is 37.8 Å². The van der Waals surface area contributed by atoms with Crippen LogP contribution in [0.15, 0.2) is 24.3 Å². The van der Waals surface area contributed by atoms with Gasteiger partial charge in [0.2, 0.25) is 0 Å². The molecule has 0 saturated heterocycles. The highest BCUT2D eigenvalue weighted by atomic mass is 16.5. The van der Waals surface area contributed by atoms with Crippen molar-refractivity contribution in [3.8, 4) is 0 Å². The van der Waals surface area contributed by atoms with Crippen molar-refractivity contribution in [2.75, 3.05) is 13.2 Å². The maximum Gasteiger partial charge on any atom is 0.330 e. The van der Waals surface area contributed by atoms with Gasteiger partial charge in [0.05, 0.1) is 26.1 Å². The molecule has 0 unspecified atom stereocenters. The van der Waals surface area contributed by atoms with Gasteiger partial charge < -0.3 is 19.7 Å². The van der Waals surface area contributed by atoms with Gasteiger partial charge in [0.15, 0.2) is 0 Å². The summed E-state index contributed by atoms with van der Waals surface area (Å²) in [6, 6.07) is 0. The van der Waals surface area contributed by atoms with Gasteiger partial charge in [-0.3, -0.25) is 9.59 Å². The Morgan fingerprint density at radius 1 is 0.808 bits per heavy atom. The summed E-state index contributed by atoms with van der Waals surface area (Å²) in [6.45, 7) is 4.93. The summed E-state index contributed by atoms with van der Waals surface area (Å²) < 4.78 is 9.81. The molecule has 0 atom stereocenters. The van der Waals surface area contributed by atoms with Crippen LogP contribution in [-0.2, 0) is 28.7 Å². The van der Waals surface area contributed by atoms with E-state index in [2.05, 4.69) is 0 Å². The molecule has 0 heterocycles. The number of hydrogen-bond donors (Lipinski definition) is 2. The molecule has 0 aliphatic heterocycles. The third kappa shape index (κ3) is 23.6. The third-order valence-corrected chi connectivity index (χ3v) is 2.59. The summed E-state index contributed by atoms with van der Waals surface area (Å²) >= 11 is 0. The van der Waals surface area contributed by atoms with E-state index in [1.54, 1.807) is 0 Å². The van der Waals surface area contributed by atoms with Crippen molar-refractivity contribution in [3.05, 3.63) is 24.3 Å². The number of aliphatic carboxylic acids is 2. The Hall–Kier alpha value is -2.64. The van der Waals surface area contributed by atoms with Crippen LogP contribution in [-0.4, -0.2) is 47.3 Å². The fourth-order valence-electron chi connectivity index (χ4n) is 1.27. The summed E-state index contributed by atoms with van der Waals surface area (Å²) in [4.78, 5) is 41.7. The zero-order valence-corrected chi connectivity index (χ0v) is 15.3. The van der Waals surface area contributed by atoms with Crippen LogP contribution in [0.5, 0.6) is 0 Å². The predicted octanol–water partition coefficient (Wildman–Crippen LogP) is 2.72. The SMILES string of the molecule is CCCCOC(=O)C=CCC(=O)OCCCC.O=C(O)C=CCC(=O)O. The van der Waals surface area contributed by atoms with Gasteiger partial charge in [-0.1, -0.05) is 38.8 Å². The largest absolute Gasteiger partial charge is 0.481 e. The van der Waals surface area contributed by atoms with Crippen molar-refractivity contribution >= 4 is 23.9 Å². The summed E-state index contributed by atoms with van der Waals surface area (Å²) in [5, 5.41) is 15.9. The first-order valence-corrected chi connectivity index (χ1v) is 8.43. The third-order valence-electron chi connectivity index (χ3n) is 2.59. The highest BCUT2D eigenvalue weighted by Crippen LogP contribution is 1.95. The number of carboxylic acids is 2. The second-order valence-corrected chi connectivity index (χ2v) is 5.04. The molecular formula is C18H28O8. The van der Waals surface area contributed by atoms with Crippen molar-refractivity contribution in [2.24, 2.45) is 0 Å². The van der Waals surface area contributed by atoms with Crippen LogP contribution in [0.4, 0.5) is 0 Å². The Kier molecular flexibility index (Phi) is 18.4. The second-order valence-electron chi connectivity index (χ2n) is 5.04. The molecule has 0 radical (unpaired) electrons. The lowest BCUT2D eigenvalue weighted by Gasteiger charge is -2.01. The molecule has 0 rings (SSSR count). The molecule has 8 nitrogen and oxygen atoms in total. The quantitative estimate of drug-likeness (QED) is 0.304. The molecule has 0 aliphatic carbocycles. The number of carbonyl (C=O) groups excluding carboxylic acids is 2. The molecule has 0 fully saturated rings. The minimum atomic E-state index is -1.13. The van der Waals surface area contributed by atoms with Gasteiger partial charge in [-0.2, -0.15) is 0 Å². The lowest BCUT2D eigenvalue weighted by Crippen LogP contribution is -2.05. The molecule has 0 aromatic rings. The summed E-state index contributed by atoms with van der Waals surface area (Å²) in [6.07, 6.45) is 8.21. The molecule has 26 heavy (non-hydrogen) atoms. The number of ether oxygens (including phenoxy) is 2.